The van der Waals surface area contributed by atoms with Crippen LogP contribution in [0.2, 0.25) is 0 Å². The van der Waals surface area contributed by atoms with Gasteiger partial charge in [0, 0.05) is 26.2 Å². The molecule has 0 unspecified atom stereocenters. The molecule has 0 saturated heterocycles. The van der Waals surface area contributed by atoms with Crippen molar-refractivity contribution in [2.24, 2.45) is 4.99 Å². The van der Waals surface area contributed by atoms with E-state index in [0.29, 0.717) is 19.7 Å². The summed E-state index contributed by atoms with van der Waals surface area (Å²) in [5, 5.41) is 11.5. The van der Waals surface area contributed by atoms with Crippen molar-refractivity contribution in [2.45, 2.75) is 33.1 Å². The van der Waals surface area contributed by atoms with Crippen LogP contribution in [0.25, 0.3) is 0 Å². The highest BCUT2D eigenvalue weighted by molar-refractivity contribution is 7.12. The van der Waals surface area contributed by atoms with E-state index >= 15 is 0 Å². The van der Waals surface area contributed by atoms with Crippen molar-refractivity contribution in [3.8, 4) is 11.5 Å². The molecule has 1 aromatic heterocycles. The maximum atomic E-state index is 11.9. The smallest absolute Gasteiger partial charge is 0.261 e. The van der Waals surface area contributed by atoms with E-state index in [4.69, 9.17) is 9.47 Å². The number of hydrogen-bond acceptors (Lipinski definition) is 5. The highest BCUT2D eigenvalue weighted by atomic mass is 32.1. The Hall–Kier alpha value is -2.74. The van der Waals surface area contributed by atoms with Gasteiger partial charge >= 0.3 is 0 Å². The van der Waals surface area contributed by atoms with Gasteiger partial charge in [0.1, 0.15) is 0 Å². The van der Waals surface area contributed by atoms with Gasteiger partial charge < -0.3 is 25.4 Å². The molecule has 0 spiro atoms. The summed E-state index contributed by atoms with van der Waals surface area (Å²) in [5.74, 6) is 2.33. The van der Waals surface area contributed by atoms with Crippen LogP contribution in [0, 0.1) is 0 Å². The molecule has 1 amide bonds. The fraction of sp³-hybridized carbons (Fsp3) is 0.478. The standard InChI is InChI=1S/C23H34N4O3S/c1-4-24-23(27-15-8-14-25-22(28)21-10-7-16-31-21)26-13-6-9-18-11-12-19(29-3)20(17-18)30-5-2/h7,10-12,16-17H,4-6,8-9,13-15H2,1-3H3,(H,25,28)(H2,24,26,27). The summed E-state index contributed by atoms with van der Waals surface area (Å²) in [4.78, 5) is 17.2. The minimum absolute atomic E-state index is 0.0185. The summed E-state index contributed by atoms with van der Waals surface area (Å²) < 4.78 is 11.0. The molecule has 31 heavy (non-hydrogen) atoms. The van der Waals surface area contributed by atoms with Gasteiger partial charge in [0.05, 0.1) is 18.6 Å². The van der Waals surface area contributed by atoms with E-state index in [0.717, 1.165) is 54.7 Å². The summed E-state index contributed by atoms with van der Waals surface area (Å²) in [6.45, 7) is 7.51. The van der Waals surface area contributed by atoms with Crippen molar-refractivity contribution in [1.29, 1.82) is 0 Å². The molecule has 0 saturated carbocycles. The maximum absolute atomic E-state index is 11.9. The third kappa shape index (κ3) is 8.88. The maximum Gasteiger partial charge on any atom is 0.261 e. The van der Waals surface area contributed by atoms with Crippen LogP contribution in [0.4, 0.5) is 0 Å². The number of benzene rings is 1. The molecule has 7 nitrogen and oxygen atoms in total. The second-order valence-corrected chi connectivity index (χ2v) is 7.74. The average Bonchev–Trinajstić information content (AvgIpc) is 3.32. The van der Waals surface area contributed by atoms with Gasteiger partial charge in [-0.1, -0.05) is 12.1 Å². The normalized spacial score (nSPS) is 11.1. The molecule has 1 heterocycles. The molecule has 0 radical (unpaired) electrons. The van der Waals surface area contributed by atoms with E-state index in [2.05, 4.69) is 27.0 Å². The first-order valence-corrected chi connectivity index (χ1v) is 11.7. The third-order valence-corrected chi connectivity index (χ3v) is 5.31. The molecular formula is C23H34N4O3S. The quantitative estimate of drug-likeness (QED) is 0.249. The number of nitrogens with one attached hydrogen (secondary N) is 3. The molecule has 2 aromatic rings. The van der Waals surface area contributed by atoms with Gasteiger partial charge in [-0.15, -0.1) is 11.3 Å². The minimum Gasteiger partial charge on any atom is -0.493 e. The Labute approximate surface area is 189 Å². The Balaban J connectivity index is 1.70. The number of nitrogens with zero attached hydrogens (tertiary/aromatic N) is 1. The summed E-state index contributed by atoms with van der Waals surface area (Å²) in [6.07, 6.45) is 2.70. The van der Waals surface area contributed by atoms with E-state index in [1.807, 2.05) is 43.5 Å². The molecule has 0 aliphatic heterocycles. The fourth-order valence-electron chi connectivity index (χ4n) is 2.95. The average molecular weight is 447 g/mol. The zero-order chi connectivity index (χ0) is 22.3. The van der Waals surface area contributed by atoms with E-state index in [1.165, 1.54) is 16.9 Å². The Morgan fingerprint density at radius 1 is 1.06 bits per heavy atom. The SMILES string of the molecule is CCNC(=NCCCNC(=O)c1cccs1)NCCCc1ccc(OC)c(OCC)c1. The lowest BCUT2D eigenvalue weighted by molar-refractivity contribution is 0.0957. The summed E-state index contributed by atoms with van der Waals surface area (Å²) in [5.41, 5.74) is 1.22. The molecule has 0 aliphatic carbocycles. The van der Waals surface area contributed by atoms with Crippen molar-refractivity contribution in [3.05, 3.63) is 46.2 Å². The van der Waals surface area contributed by atoms with Crippen molar-refractivity contribution < 1.29 is 14.3 Å². The van der Waals surface area contributed by atoms with Crippen molar-refractivity contribution in [2.75, 3.05) is 39.9 Å². The second-order valence-electron chi connectivity index (χ2n) is 6.80. The number of methoxy groups -OCH3 is 1. The molecule has 2 rings (SSSR count). The van der Waals surface area contributed by atoms with Crippen LogP contribution < -0.4 is 25.4 Å². The summed E-state index contributed by atoms with van der Waals surface area (Å²) in [7, 11) is 1.65. The predicted molar refractivity (Wildman–Crippen MR) is 128 cm³/mol. The van der Waals surface area contributed by atoms with E-state index in [-0.39, 0.29) is 5.91 Å². The Morgan fingerprint density at radius 2 is 1.90 bits per heavy atom. The molecule has 0 fully saturated rings. The van der Waals surface area contributed by atoms with Crippen molar-refractivity contribution >= 4 is 23.2 Å². The lowest BCUT2D eigenvalue weighted by Gasteiger charge is -2.13. The second kappa shape index (κ2) is 14.3. The lowest BCUT2D eigenvalue weighted by atomic mass is 10.1. The van der Waals surface area contributed by atoms with Crippen molar-refractivity contribution in [3.63, 3.8) is 0 Å². The topological polar surface area (TPSA) is 84.0 Å². The molecule has 170 valence electrons. The van der Waals surface area contributed by atoms with E-state index in [9.17, 15) is 4.79 Å². The molecule has 8 heteroatoms. The number of aliphatic imine (C=N–C) groups is 1. The number of carbonyl (C=O) groups excluding carboxylic acids is 1. The van der Waals surface area contributed by atoms with Crippen LogP contribution in [0.1, 0.15) is 41.9 Å². The Kier molecular flexibility index (Phi) is 11.3. The number of guanidine groups is 1. The summed E-state index contributed by atoms with van der Waals surface area (Å²) >= 11 is 1.45. The van der Waals surface area contributed by atoms with Crippen LogP contribution in [-0.2, 0) is 6.42 Å². The van der Waals surface area contributed by atoms with Gasteiger partial charge in [-0.05, 0) is 62.3 Å². The number of amides is 1. The van der Waals surface area contributed by atoms with Crippen molar-refractivity contribution in [1.82, 2.24) is 16.0 Å². The first-order valence-electron chi connectivity index (χ1n) is 10.8. The predicted octanol–water partition coefficient (Wildman–Crippen LogP) is 3.46. The van der Waals surface area contributed by atoms with Crippen LogP contribution in [0.5, 0.6) is 11.5 Å². The molecular weight excluding hydrogens is 412 g/mol. The number of thiophene rings is 1. The van der Waals surface area contributed by atoms with Gasteiger partial charge in [-0.3, -0.25) is 9.79 Å². The third-order valence-electron chi connectivity index (χ3n) is 4.44. The molecule has 0 bridgehead atoms. The molecule has 3 N–H and O–H groups in total. The monoisotopic (exact) mass is 446 g/mol. The van der Waals surface area contributed by atoms with Crippen LogP contribution >= 0.6 is 11.3 Å². The fourth-order valence-corrected chi connectivity index (χ4v) is 3.59. The Morgan fingerprint density at radius 3 is 2.61 bits per heavy atom. The minimum atomic E-state index is -0.0185. The first-order chi connectivity index (χ1) is 15.2. The van der Waals surface area contributed by atoms with Gasteiger partial charge in [0.25, 0.3) is 5.91 Å². The number of ether oxygens (including phenoxy) is 2. The zero-order valence-corrected chi connectivity index (χ0v) is 19.5. The van der Waals surface area contributed by atoms with Gasteiger partial charge in [0.2, 0.25) is 0 Å². The lowest BCUT2D eigenvalue weighted by Crippen LogP contribution is -2.38. The largest absolute Gasteiger partial charge is 0.493 e. The van der Waals surface area contributed by atoms with Crippen LogP contribution in [-0.4, -0.2) is 51.8 Å². The number of carbonyl (C=O) groups is 1. The first kappa shape index (κ1) is 24.5. The molecule has 0 aliphatic rings. The van der Waals surface area contributed by atoms with Gasteiger partial charge in [-0.25, -0.2) is 0 Å². The highest BCUT2D eigenvalue weighted by Gasteiger charge is 2.06. The van der Waals surface area contributed by atoms with E-state index < -0.39 is 0 Å². The van der Waals surface area contributed by atoms with E-state index in [1.54, 1.807) is 7.11 Å². The highest BCUT2D eigenvalue weighted by Crippen LogP contribution is 2.28. The molecule has 0 atom stereocenters. The van der Waals surface area contributed by atoms with Crippen LogP contribution in [0.3, 0.4) is 0 Å². The number of rotatable bonds is 13. The molecule has 1 aromatic carbocycles. The number of hydrogen-bond donors (Lipinski definition) is 3. The number of aryl methyl sites for hydroxylation is 1. The van der Waals surface area contributed by atoms with Gasteiger partial charge in [-0.2, -0.15) is 0 Å². The van der Waals surface area contributed by atoms with Crippen LogP contribution in [0.15, 0.2) is 40.7 Å². The summed E-state index contributed by atoms with van der Waals surface area (Å²) in [6, 6.07) is 9.79. The zero-order valence-electron chi connectivity index (χ0n) is 18.7. The van der Waals surface area contributed by atoms with Gasteiger partial charge in [0.15, 0.2) is 17.5 Å². The Bertz CT molecular complexity index is 809.